The molecule has 2 unspecified atom stereocenters. The third-order valence-corrected chi connectivity index (χ3v) is 2.42. The van der Waals surface area contributed by atoms with Gasteiger partial charge in [0.2, 0.25) is 0 Å². The Bertz CT molecular complexity index is 472. The van der Waals surface area contributed by atoms with Crippen LogP contribution in [0.5, 0.6) is 0 Å². The molecule has 18 heavy (non-hydrogen) atoms. The van der Waals surface area contributed by atoms with Gasteiger partial charge in [-0.1, -0.05) is 18.2 Å². The summed E-state index contributed by atoms with van der Waals surface area (Å²) in [7, 11) is 1.05. The lowest BCUT2D eigenvalue weighted by molar-refractivity contribution is -0.385. The van der Waals surface area contributed by atoms with Crippen LogP contribution in [0.25, 0.3) is 0 Å². The summed E-state index contributed by atoms with van der Waals surface area (Å²) in [6.07, 6.45) is -1.49. The number of carbonyl (C=O) groups excluding carboxylic acids is 2. The van der Waals surface area contributed by atoms with Gasteiger partial charge in [-0.05, 0) is 0 Å². The average Bonchev–Trinajstić information content (AvgIpc) is 2.38. The van der Waals surface area contributed by atoms with Crippen molar-refractivity contribution in [1.29, 1.82) is 0 Å². The van der Waals surface area contributed by atoms with E-state index in [1.54, 1.807) is 0 Å². The SMILES string of the molecule is COC(=O)C(O)C(C=O)c1ccccc1[N+](=O)[O-]. The van der Waals surface area contributed by atoms with Crippen LogP contribution in [-0.4, -0.2) is 35.5 Å². The largest absolute Gasteiger partial charge is 0.467 e. The third-order valence-electron chi connectivity index (χ3n) is 2.42. The van der Waals surface area contributed by atoms with Crippen molar-refractivity contribution in [2.24, 2.45) is 0 Å². The van der Waals surface area contributed by atoms with Crippen LogP contribution in [0.15, 0.2) is 24.3 Å². The van der Waals surface area contributed by atoms with Crippen LogP contribution >= 0.6 is 0 Å². The van der Waals surface area contributed by atoms with Crippen molar-refractivity contribution >= 4 is 17.9 Å². The third kappa shape index (κ3) is 2.69. The summed E-state index contributed by atoms with van der Waals surface area (Å²) < 4.78 is 4.30. The van der Waals surface area contributed by atoms with Crippen LogP contribution in [0.1, 0.15) is 11.5 Å². The zero-order valence-corrected chi connectivity index (χ0v) is 9.48. The van der Waals surface area contributed by atoms with E-state index in [1.165, 1.54) is 24.3 Å². The zero-order chi connectivity index (χ0) is 13.7. The Labute approximate surface area is 102 Å². The van der Waals surface area contributed by atoms with Crippen molar-refractivity contribution in [3.8, 4) is 0 Å². The maximum absolute atomic E-state index is 11.2. The van der Waals surface area contributed by atoms with Crippen molar-refractivity contribution in [3.05, 3.63) is 39.9 Å². The van der Waals surface area contributed by atoms with Gasteiger partial charge in [-0.15, -0.1) is 0 Å². The van der Waals surface area contributed by atoms with Crippen LogP contribution in [-0.2, 0) is 14.3 Å². The number of aliphatic hydroxyl groups is 1. The first-order chi connectivity index (χ1) is 8.52. The lowest BCUT2D eigenvalue weighted by atomic mass is 9.93. The highest BCUT2D eigenvalue weighted by Gasteiger charge is 2.32. The molecule has 1 N–H and O–H groups in total. The van der Waals surface area contributed by atoms with Gasteiger partial charge >= 0.3 is 5.97 Å². The number of aliphatic hydroxyl groups excluding tert-OH is 1. The molecule has 0 spiro atoms. The molecule has 7 heteroatoms. The highest BCUT2D eigenvalue weighted by atomic mass is 16.6. The maximum atomic E-state index is 11.2. The average molecular weight is 253 g/mol. The fraction of sp³-hybridized carbons (Fsp3) is 0.273. The highest BCUT2D eigenvalue weighted by molar-refractivity contribution is 5.82. The normalized spacial score (nSPS) is 13.4. The van der Waals surface area contributed by atoms with Crippen molar-refractivity contribution < 1.29 is 24.4 Å². The molecular weight excluding hydrogens is 242 g/mol. The second-order valence-corrected chi connectivity index (χ2v) is 3.45. The van der Waals surface area contributed by atoms with E-state index in [0.29, 0.717) is 0 Å². The monoisotopic (exact) mass is 253 g/mol. The number of benzene rings is 1. The van der Waals surface area contributed by atoms with Crippen LogP contribution < -0.4 is 0 Å². The molecule has 0 fully saturated rings. The van der Waals surface area contributed by atoms with Crippen LogP contribution in [0.2, 0.25) is 0 Å². The number of nitro groups is 1. The number of carbonyl (C=O) groups is 2. The Morgan fingerprint density at radius 2 is 2.11 bits per heavy atom. The molecule has 7 nitrogen and oxygen atoms in total. The molecule has 0 aliphatic heterocycles. The number of hydrogen-bond acceptors (Lipinski definition) is 6. The van der Waals surface area contributed by atoms with Gasteiger partial charge < -0.3 is 14.6 Å². The molecule has 0 aliphatic rings. The van der Waals surface area contributed by atoms with Gasteiger partial charge in [0.25, 0.3) is 5.69 Å². The summed E-state index contributed by atoms with van der Waals surface area (Å²) in [5.74, 6) is -2.36. The molecule has 1 rings (SSSR count). The number of aldehydes is 1. The van der Waals surface area contributed by atoms with Gasteiger partial charge in [0, 0.05) is 11.6 Å². The summed E-state index contributed by atoms with van der Waals surface area (Å²) in [6.45, 7) is 0. The first kappa shape index (κ1) is 13.8. The number of ether oxygens (including phenoxy) is 1. The molecule has 0 amide bonds. The number of para-hydroxylation sites is 1. The van der Waals surface area contributed by atoms with E-state index in [2.05, 4.69) is 4.74 Å². The van der Waals surface area contributed by atoms with Gasteiger partial charge in [-0.25, -0.2) is 4.79 Å². The number of nitro benzene ring substituents is 1. The van der Waals surface area contributed by atoms with E-state index in [1.807, 2.05) is 0 Å². The summed E-state index contributed by atoms with van der Waals surface area (Å²) >= 11 is 0. The second kappa shape index (κ2) is 5.87. The number of nitrogens with zero attached hydrogens (tertiary/aromatic N) is 1. The Morgan fingerprint density at radius 1 is 1.50 bits per heavy atom. The van der Waals surface area contributed by atoms with Crippen molar-refractivity contribution in [2.75, 3.05) is 7.11 Å². The molecule has 0 aromatic heterocycles. The predicted molar refractivity (Wildman–Crippen MR) is 59.9 cm³/mol. The minimum absolute atomic E-state index is 0.0320. The second-order valence-electron chi connectivity index (χ2n) is 3.45. The Morgan fingerprint density at radius 3 is 2.61 bits per heavy atom. The summed E-state index contributed by atoms with van der Waals surface area (Å²) in [5.41, 5.74) is -0.368. The molecule has 0 heterocycles. The van der Waals surface area contributed by atoms with Crippen molar-refractivity contribution in [3.63, 3.8) is 0 Å². The van der Waals surface area contributed by atoms with Gasteiger partial charge in [0.05, 0.1) is 18.0 Å². The van der Waals surface area contributed by atoms with Crippen molar-refractivity contribution in [2.45, 2.75) is 12.0 Å². The fourth-order valence-electron chi connectivity index (χ4n) is 1.52. The molecule has 0 radical (unpaired) electrons. The van der Waals surface area contributed by atoms with E-state index < -0.39 is 22.9 Å². The lowest BCUT2D eigenvalue weighted by Gasteiger charge is -2.15. The number of esters is 1. The maximum Gasteiger partial charge on any atom is 0.335 e. The minimum Gasteiger partial charge on any atom is -0.467 e. The van der Waals surface area contributed by atoms with Gasteiger partial charge in [-0.3, -0.25) is 10.1 Å². The summed E-state index contributed by atoms with van der Waals surface area (Å²) in [4.78, 5) is 32.2. The van der Waals surface area contributed by atoms with Crippen LogP contribution in [0, 0.1) is 10.1 Å². The molecule has 2 atom stereocenters. The van der Waals surface area contributed by atoms with Gasteiger partial charge in [0.15, 0.2) is 6.10 Å². The molecule has 1 aromatic carbocycles. The van der Waals surface area contributed by atoms with E-state index in [4.69, 9.17) is 0 Å². The van der Waals surface area contributed by atoms with E-state index in [9.17, 15) is 24.8 Å². The van der Waals surface area contributed by atoms with Crippen LogP contribution in [0.3, 0.4) is 0 Å². The fourth-order valence-corrected chi connectivity index (χ4v) is 1.52. The first-order valence-corrected chi connectivity index (χ1v) is 4.97. The molecular formula is C11H11NO6. The summed E-state index contributed by atoms with van der Waals surface area (Å²) in [6, 6.07) is 5.40. The molecule has 1 aromatic rings. The smallest absolute Gasteiger partial charge is 0.335 e. The van der Waals surface area contributed by atoms with Crippen molar-refractivity contribution in [1.82, 2.24) is 0 Å². The molecule has 0 saturated heterocycles. The van der Waals surface area contributed by atoms with Crippen LogP contribution in [0.4, 0.5) is 5.69 Å². The van der Waals surface area contributed by atoms with E-state index in [0.717, 1.165) is 7.11 Å². The predicted octanol–water partition coefficient (Wildman–Crippen LogP) is 0.411. The lowest BCUT2D eigenvalue weighted by Crippen LogP contribution is -2.30. The Balaban J connectivity index is 3.21. The minimum atomic E-state index is -1.77. The molecule has 96 valence electrons. The summed E-state index contributed by atoms with van der Waals surface area (Å²) in [5, 5.41) is 20.4. The van der Waals surface area contributed by atoms with E-state index in [-0.39, 0.29) is 17.5 Å². The first-order valence-electron chi connectivity index (χ1n) is 4.97. The number of methoxy groups -OCH3 is 1. The molecule has 0 bridgehead atoms. The van der Waals surface area contributed by atoms with Gasteiger partial charge in [0.1, 0.15) is 6.29 Å². The Hall–Kier alpha value is -2.28. The zero-order valence-electron chi connectivity index (χ0n) is 9.48. The van der Waals surface area contributed by atoms with E-state index >= 15 is 0 Å². The molecule has 0 saturated carbocycles. The molecule has 0 aliphatic carbocycles. The topological polar surface area (TPSA) is 107 Å². The standard InChI is InChI=1S/C11H11NO6/c1-18-11(15)10(14)8(6-13)7-4-2-3-5-9(7)12(16)17/h2-6,8,10,14H,1H3. The highest BCUT2D eigenvalue weighted by Crippen LogP contribution is 2.27. The number of hydrogen-bond donors (Lipinski definition) is 1. The Kier molecular flexibility index (Phi) is 4.50. The number of rotatable bonds is 5. The quantitative estimate of drug-likeness (QED) is 0.352. The van der Waals surface area contributed by atoms with Gasteiger partial charge in [-0.2, -0.15) is 0 Å².